The molecule has 4 heteroatoms. The van der Waals surface area contributed by atoms with Gasteiger partial charge < -0.3 is 14.9 Å². The summed E-state index contributed by atoms with van der Waals surface area (Å²) in [5.74, 6) is 1.07. The van der Waals surface area contributed by atoms with Gasteiger partial charge in [-0.05, 0) is 80.0 Å². The van der Waals surface area contributed by atoms with Crippen molar-refractivity contribution >= 4 is 5.97 Å². The summed E-state index contributed by atoms with van der Waals surface area (Å²) in [5, 5.41) is 22.1. The molecule has 4 rings (SSSR count). The van der Waals surface area contributed by atoms with Crippen LogP contribution in [-0.4, -0.2) is 35.0 Å². The Bertz CT molecular complexity index is 806. The second-order valence-electron chi connectivity index (χ2n) is 11.1. The fraction of sp³-hybridized carbons (Fsp3) is 0.731. The average molecular weight is 415 g/mol. The van der Waals surface area contributed by atoms with E-state index in [4.69, 9.17) is 4.74 Å². The van der Waals surface area contributed by atoms with Crippen molar-refractivity contribution in [3.8, 4) is 0 Å². The number of aliphatic hydroxyl groups excluding tert-OH is 1. The SMILES string of the molecule is COC(=O)/C=C/[C@@H](C)C1=CC[C@H]2[C@@H]3CC=C4C[C@@](C)(O)CC[C@]4(C)[C@H]3C(O)C[C@]12C. The normalized spacial score (nSPS) is 46.4. The van der Waals surface area contributed by atoms with Crippen LogP contribution in [0.15, 0.2) is 35.5 Å². The Kier molecular flexibility index (Phi) is 5.34. The number of hydrogen-bond acceptors (Lipinski definition) is 4. The Morgan fingerprint density at radius 2 is 1.93 bits per heavy atom. The zero-order chi connectivity index (χ0) is 21.9. The van der Waals surface area contributed by atoms with Crippen molar-refractivity contribution < 1.29 is 19.7 Å². The maximum Gasteiger partial charge on any atom is 0.330 e. The van der Waals surface area contributed by atoms with Crippen molar-refractivity contribution in [2.75, 3.05) is 7.11 Å². The third kappa shape index (κ3) is 3.31. The molecule has 1 unspecified atom stereocenters. The van der Waals surface area contributed by atoms with E-state index in [1.54, 1.807) is 0 Å². The first-order chi connectivity index (χ1) is 14.0. The summed E-state index contributed by atoms with van der Waals surface area (Å²) < 4.78 is 4.75. The van der Waals surface area contributed by atoms with E-state index < -0.39 is 5.60 Å². The van der Waals surface area contributed by atoms with Gasteiger partial charge in [-0.1, -0.05) is 50.1 Å². The number of esters is 1. The molecule has 8 atom stereocenters. The molecule has 0 saturated heterocycles. The number of rotatable bonds is 3. The van der Waals surface area contributed by atoms with Crippen LogP contribution in [0.5, 0.6) is 0 Å². The van der Waals surface area contributed by atoms with E-state index in [0.29, 0.717) is 11.8 Å². The van der Waals surface area contributed by atoms with Crippen molar-refractivity contribution in [1.29, 1.82) is 0 Å². The van der Waals surface area contributed by atoms with E-state index in [1.165, 1.54) is 24.3 Å². The van der Waals surface area contributed by atoms with Gasteiger partial charge in [-0.25, -0.2) is 4.79 Å². The Morgan fingerprint density at radius 3 is 2.63 bits per heavy atom. The van der Waals surface area contributed by atoms with E-state index >= 15 is 0 Å². The molecule has 4 aliphatic carbocycles. The number of fused-ring (bicyclic) bond motifs is 5. The Labute approximate surface area is 181 Å². The Balaban J connectivity index is 1.62. The molecule has 0 bridgehead atoms. The topological polar surface area (TPSA) is 66.8 Å². The molecule has 0 amide bonds. The first-order valence-electron chi connectivity index (χ1n) is 11.6. The molecule has 2 fully saturated rings. The molecule has 0 radical (unpaired) electrons. The molecular weight excluding hydrogens is 376 g/mol. The molecule has 0 heterocycles. The van der Waals surface area contributed by atoms with Gasteiger partial charge in [0.15, 0.2) is 0 Å². The van der Waals surface area contributed by atoms with Crippen molar-refractivity contribution in [2.45, 2.75) is 77.9 Å². The number of aliphatic hydroxyl groups is 2. The van der Waals surface area contributed by atoms with Crippen molar-refractivity contribution in [2.24, 2.45) is 34.5 Å². The van der Waals surface area contributed by atoms with Crippen LogP contribution in [0.25, 0.3) is 0 Å². The maximum atomic E-state index is 11.6. The van der Waals surface area contributed by atoms with Crippen molar-refractivity contribution in [3.05, 3.63) is 35.5 Å². The smallest absolute Gasteiger partial charge is 0.330 e. The van der Waals surface area contributed by atoms with Gasteiger partial charge in [0.1, 0.15) is 0 Å². The van der Waals surface area contributed by atoms with Gasteiger partial charge in [-0.15, -0.1) is 0 Å². The minimum Gasteiger partial charge on any atom is -0.466 e. The summed E-state index contributed by atoms with van der Waals surface area (Å²) in [5.41, 5.74) is 2.06. The van der Waals surface area contributed by atoms with Crippen LogP contribution >= 0.6 is 0 Å². The highest BCUT2D eigenvalue weighted by atomic mass is 16.5. The third-order valence-corrected chi connectivity index (χ3v) is 9.17. The van der Waals surface area contributed by atoms with Crippen molar-refractivity contribution in [1.82, 2.24) is 0 Å². The predicted octanol–water partition coefficient (Wildman–Crippen LogP) is 4.57. The van der Waals surface area contributed by atoms with E-state index in [2.05, 4.69) is 32.9 Å². The van der Waals surface area contributed by atoms with E-state index in [9.17, 15) is 15.0 Å². The number of hydrogen-bond donors (Lipinski definition) is 2. The van der Waals surface area contributed by atoms with Crippen LogP contribution in [0, 0.1) is 34.5 Å². The van der Waals surface area contributed by atoms with Gasteiger partial charge in [-0.3, -0.25) is 0 Å². The molecule has 166 valence electrons. The monoisotopic (exact) mass is 414 g/mol. The van der Waals surface area contributed by atoms with E-state index in [1.807, 2.05) is 13.0 Å². The highest BCUT2D eigenvalue weighted by molar-refractivity contribution is 5.81. The number of methoxy groups -OCH3 is 1. The summed E-state index contributed by atoms with van der Waals surface area (Å²) in [6, 6.07) is 0. The van der Waals surface area contributed by atoms with Crippen LogP contribution < -0.4 is 0 Å². The molecule has 30 heavy (non-hydrogen) atoms. The minimum absolute atomic E-state index is 0.00887. The van der Waals surface area contributed by atoms with E-state index in [-0.39, 0.29) is 34.7 Å². The summed E-state index contributed by atoms with van der Waals surface area (Å²) in [6.07, 6.45) is 13.2. The summed E-state index contributed by atoms with van der Waals surface area (Å²) >= 11 is 0. The van der Waals surface area contributed by atoms with Gasteiger partial charge >= 0.3 is 5.97 Å². The summed E-state index contributed by atoms with van der Waals surface area (Å²) in [4.78, 5) is 11.6. The maximum absolute atomic E-state index is 11.6. The fourth-order valence-corrected chi connectivity index (χ4v) is 7.64. The standard InChI is InChI=1S/C26H38O4/c1-16(6-11-22(28)30-5)19-9-10-20-18-8-7-17-14-24(2,29)12-13-25(17,3)23(18)21(27)15-26(19,20)4/h6-7,9,11,16,18,20-21,23,27,29H,8,10,12-15H2,1-5H3/b11-6+/t16-,18+,20+,21?,23-,24+,25+,26-/m1/s1. The number of ether oxygens (including phenoxy) is 1. The first-order valence-corrected chi connectivity index (χ1v) is 11.6. The van der Waals surface area contributed by atoms with Crippen LogP contribution in [-0.2, 0) is 9.53 Å². The lowest BCUT2D eigenvalue weighted by Gasteiger charge is -2.60. The van der Waals surface area contributed by atoms with Crippen LogP contribution in [0.2, 0.25) is 0 Å². The lowest BCUT2D eigenvalue weighted by Crippen LogP contribution is -2.57. The first kappa shape index (κ1) is 21.8. The molecular formula is C26H38O4. The van der Waals surface area contributed by atoms with Crippen LogP contribution in [0.4, 0.5) is 0 Å². The zero-order valence-corrected chi connectivity index (χ0v) is 19.1. The zero-order valence-electron chi connectivity index (χ0n) is 19.1. The lowest BCUT2D eigenvalue weighted by molar-refractivity contribution is -0.134. The summed E-state index contributed by atoms with van der Waals surface area (Å²) in [6.45, 7) is 8.75. The average Bonchev–Trinajstić information content (AvgIpc) is 3.02. The number of allylic oxidation sites excluding steroid dienone is 4. The van der Waals surface area contributed by atoms with E-state index in [0.717, 1.165) is 38.5 Å². The molecule has 4 nitrogen and oxygen atoms in total. The van der Waals surface area contributed by atoms with Gasteiger partial charge in [0.05, 0.1) is 18.8 Å². The highest BCUT2D eigenvalue weighted by Gasteiger charge is 2.60. The Morgan fingerprint density at radius 1 is 1.20 bits per heavy atom. The minimum atomic E-state index is -0.615. The molecule has 2 N–H and O–H groups in total. The molecule has 0 aromatic carbocycles. The molecule has 0 spiro atoms. The predicted molar refractivity (Wildman–Crippen MR) is 118 cm³/mol. The summed E-state index contributed by atoms with van der Waals surface area (Å²) in [7, 11) is 1.40. The van der Waals surface area contributed by atoms with Crippen LogP contribution in [0.3, 0.4) is 0 Å². The second kappa shape index (κ2) is 7.34. The molecule has 0 aromatic heterocycles. The third-order valence-electron chi connectivity index (χ3n) is 9.17. The van der Waals surface area contributed by atoms with Crippen molar-refractivity contribution in [3.63, 3.8) is 0 Å². The largest absolute Gasteiger partial charge is 0.466 e. The number of carbonyl (C=O) groups excluding carboxylic acids is 1. The number of carbonyl (C=O) groups is 1. The van der Waals surface area contributed by atoms with Crippen LogP contribution in [0.1, 0.15) is 66.2 Å². The lowest BCUT2D eigenvalue weighted by atomic mass is 9.45. The molecule has 4 aliphatic rings. The highest BCUT2D eigenvalue weighted by Crippen LogP contribution is 2.66. The van der Waals surface area contributed by atoms with Gasteiger partial charge in [0.25, 0.3) is 0 Å². The Hall–Kier alpha value is -1.39. The van der Waals surface area contributed by atoms with Gasteiger partial charge in [-0.2, -0.15) is 0 Å². The fourth-order valence-electron chi connectivity index (χ4n) is 7.64. The van der Waals surface area contributed by atoms with Gasteiger partial charge in [0.2, 0.25) is 0 Å². The van der Waals surface area contributed by atoms with Gasteiger partial charge in [0, 0.05) is 6.08 Å². The molecule has 0 aromatic rings. The molecule has 2 saturated carbocycles. The molecule has 0 aliphatic heterocycles. The quantitative estimate of drug-likeness (QED) is 0.403. The second-order valence-corrected chi connectivity index (χ2v) is 11.1.